The largest absolute Gasteiger partial charge is 0.387 e. The molecule has 0 amide bonds. The first-order valence-corrected chi connectivity index (χ1v) is 9.15. The SMILES string of the molecule is COC(OC)C1(C)CCC(Cc2ccc(Cl)cc2)C1(O)Cn1cncn1. The number of benzene rings is 1. The zero-order valence-corrected chi connectivity index (χ0v) is 16.2. The first-order chi connectivity index (χ1) is 12.4. The molecule has 1 aliphatic carbocycles. The maximum absolute atomic E-state index is 11.9. The minimum atomic E-state index is -1.06. The van der Waals surface area contributed by atoms with Gasteiger partial charge < -0.3 is 14.6 Å². The van der Waals surface area contributed by atoms with Crippen LogP contribution in [-0.2, 0) is 22.4 Å². The van der Waals surface area contributed by atoms with E-state index in [9.17, 15) is 5.11 Å². The van der Waals surface area contributed by atoms with Crippen LogP contribution < -0.4 is 0 Å². The third-order valence-electron chi connectivity index (χ3n) is 5.89. The summed E-state index contributed by atoms with van der Waals surface area (Å²) >= 11 is 6.00. The van der Waals surface area contributed by atoms with Crippen LogP contribution in [0.1, 0.15) is 25.3 Å². The summed E-state index contributed by atoms with van der Waals surface area (Å²) in [6.45, 7) is 2.37. The Morgan fingerprint density at radius 1 is 1.31 bits per heavy atom. The summed E-state index contributed by atoms with van der Waals surface area (Å²) in [6.07, 6.45) is 5.01. The van der Waals surface area contributed by atoms with Crippen molar-refractivity contribution < 1.29 is 14.6 Å². The van der Waals surface area contributed by atoms with Crippen LogP contribution in [0, 0.1) is 11.3 Å². The fraction of sp³-hybridized carbons (Fsp3) is 0.579. The first kappa shape index (κ1) is 19.3. The van der Waals surface area contributed by atoms with Gasteiger partial charge in [-0.1, -0.05) is 30.7 Å². The molecule has 1 aromatic heterocycles. The molecule has 3 unspecified atom stereocenters. The molecule has 1 fully saturated rings. The number of nitrogens with zero attached hydrogens (tertiary/aromatic N) is 3. The van der Waals surface area contributed by atoms with Crippen LogP contribution in [0.3, 0.4) is 0 Å². The minimum Gasteiger partial charge on any atom is -0.387 e. The molecule has 0 bridgehead atoms. The van der Waals surface area contributed by atoms with Gasteiger partial charge in [-0.15, -0.1) is 0 Å². The van der Waals surface area contributed by atoms with Crippen molar-refractivity contribution in [1.29, 1.82) is 0 Å². The molecule has 7 heteroatoms. The topological polar surface area (TPSA) is 69.4 Å². The smallest absolute Gasteiger partial charge is 0.164 e. The highest BCUT2D eigenvalue weighted by molar-refractivity contribution is 6.30. The minimum absolute atomic E-state index is 0.0330. The van der Waals surface area contributed by atoms with E-state index in [-0.39, 0.29) is 5.92 Å². The normalized spacial score (nSPS) is 28.8. The molecule has 0 aliphatic heterocycles. The Labute approximate surface area is 159 Å². The van der Waals surface area contributed by atoms with Crippen LogP contribution in [-0.4, -0.2) is 46.0 Å². The average Bonchev–Trinajstić information content (AvgIpc) is 3.21. The second kappa shape index (κ2) is 7.64. The van der Waals surface area contributed by atoms with E-state index in [0.29, 0.717) is 11.6 Å². The Morgan fingerprint density at radius 2 is 2.00 bits per heavy atom. The summed E-state index contributed by atoms with van der Waals surface area (Å²) in [5, 5.41) is 16.8. The van der Waals surface area contributed by atoms with Gasteiger partial charge in [0, 0.05) is 24.7 Å². The maximum Gasteiger partial charge on any atom is 0.164 e. The van der Waals surface area contributed by atoms with Crippen molar-refractivity contribution >= 4 is 11.6 Å². The van der Waals surface area contributed by atoms with Crippen LogP contribution in [0.25, 0.3) is 0 Å². The van der Waals surface area contributed by atoms with Gasteiger partial charge in [0.15, 0.2) is 6.29 Å². The highest BCUT2D eigenvalue weighted by atomic mass is 35.5. The van der Waals surface area contributed by atoms with Crippen LogP contribution >= 0.6 is 11.6 Å². The number of aromatic nitrogens is 3. The van der Waals surface area contributed by atoms with Gasteiger partial charge in [-0.3, -0.25) is 4.68 Å². The van der Waals surface area contributed by atoms with Crippen LogP contribution in [0.2, 0.25) is 5.02 Å². The number of aliphatic hydroxyl groups is 1. The first-order valence-electron chi connectivity index (χ1n) is 8.78. The Balaban J connectivity index is 1.93. The Kier molecular flexibility index (Phi) is 5.67. The van der Waals surface area contributed by atoms with Gasteiger partial charge in [0.05, 0.1) is 12.1 Å². The third-order valence-corrected chi connectivity index (χ3v) is 6.14. The van der Waals surface area contributed by atoms with Gasteiger partial charge in [-0.25, -0.2) is 4.98 Å². The fourth-order valence-corrected chi connectivity index (χ4v) is 4.51. The van der Waals surface area contributed by atoms with Crippen molar-refractivity contribution in [3.8, 4) is 0 Å². The van der Waals surface area contributed by atoms with Crippen LogP contribution in [0.5, 0.6) is 0 Å². The zero-order chi connectivity index (χ0) is 18.8. The highest BCUT2D eigenvalue weighted by Gasteiger charge is 2.61. The summed E-state index contributed by atoms with van der Waals surface area (Å²) < 4.78 is 12.8. The van der Waals surface area contributed by atoms with Crippen molar-refractivity contribution in [2.24, 2.45) is 11.3 Å². The molecule has 1 aromatic carbocycles. The maximum atomic E-state index is 11.9. The third kappa shape index (κ3) is 3.39. The summed E-state index contributed by atoms with van der Waals surface area (Å²) in [7, 11) is 3.23. The molecule has 3 rings (SSSR count). The Morgan fingerprint density at radius 3 is 2.58 bits per heavy atom. The molecule has 142 valence electrons. The van der Waals surface area contributed by atoms with E-state index in [1.165, 1.54) is 6.33 Å². The molecule has 1 N–H and O–H groups in total. The second-order valence-electron chi connectivity index (χ2n) is 7.30. The lowest BCUT2D eigenvalue weighted by atomic mass is 9.70. The standard InChI is InChI=1S/C19H26ClN3O3/c1-18(17(25-2)26-3)9-8-15(10-14-4-6-16(20)7-5-14)19(18,24)11-23-13-21-12-22-23/h4-7,12-13,15,17,24H,8-11H2,1-3H3. The lowest BCUT2D eigenvalue weighted by molar-refractivity contribution is -0.236. The van der Waals surface area contributed by atoms with Crippen molar-refractivity contribution in [3.63, 3.8) is 0 Å². The summed E-state index contributed by atoms with van der Waals surface area (Å²) in [5.41, 5.74) is -0.483. The number of hydrogen-bond donors (Lipinski definition) is 1. The van der Waals surface area contributed by atoms with Gasteiger partial charge in [0.25, 0.3) is 0 Å². The molecule has 1 heterocycles. The molecule has 2 aromatic rings. The quantitative estimate of drug-likeness (QED) is 0.749. The Bertz CT molecular complexity index is 705. The predicted molar refractivity (Wildman–Crippen MR) is 98.8 cm³/mol. The molecule has 0 saturated heterocycles. The summed E-state index contributed by atoms with van der Waals surface area (Å²) in [6, 6.07) is 7.79. The van der Waals surface area contributed by atoms with Crippen molar-refractivity contribution in [3.05, 3.63) is 47.5 Å². The van der Waals surface area contributed by atoms with Crippen molar-refractivity contribution in [2.45, 2.75) is 44.6 Å². The molecule has 1 saturated carbocycles. The lowest BCUT2D eigenvalue weighted by Crippen LogP contribution is -2.56. The number of ether oxygens (including phenoxy) is 2. The van der Waals surface area contributed by atoms with E-state index in [2.05, 4.69) is 10.1 Å². The van der Waals surface area contributed by atoms with E-state index in [1.54, 1.807) is 25.2 Å². The summed E-state index contributed by atoms with van der Waals surface area (Å²) in [5.74, 6) is 0.0330. The van der Waals surface area contributed by atoms with E-state index >= 15 is 0 Å². The van der Waals surface area contributed by atoms with Crippen LogP contribution in [0.4, 0.5) is 0 Å². The molecule has 3 atom stereocenters. The average molecular weight is 380 g/mol. The molecular weight excluding hydrogens is 354 g/mol. The van der Waals surface area contributed by atoms with Gasteiger partial charge in [-0.05, 0) is 42.9 Å². The van der Waals surface area contributed by atoms with Crippen LogP contribution in [0.15, 0.2) is 36.9 Å². The number of hydrogen-bond acceptors (Lipinski definition) is 5. The van der Waals surface area contributed by atoms with E-state index in [1.807, 2.05) is 31.2 Å². The van der Waals surface area contributed by atoms with Gasteiger partial charge in [0.1, 0.15) is 12.7 Å². The van der Waals surface area contributed by atoms with E-state index in [0.717, 1.165) is 24.8 Å². The van der Waals surface area contributed by atoms with Gasteiger partial charge in [0.2, 0.25) is 0 Å². The van der Waals surface area contributed by atoms with E-state index < -0.39 is 17.3 Å². The summed E-state index contributed by atoms with van der Waals surface area (Å²) in [4.78, 5) is 4.01. The molecular formula is C19H26ClN3O3. The van der Waals surface area contributed by atoms with Gasteiger partial charge in [-0.2, -0.15) is 5.10 Å². The lowest BCUT2D eigenvalue weighted by Gasteiger charge is -2.46. The molecule has 0 radical (unpaired) electrons. The number of halogens is 1. The predicted octanol–water partition coefficient (Wildman–Crippen LogP) is 2.94. The Hall–Kier alpha value is -1.47. The van der Waals surface area contributed by atoms with E-state index in [4.69, 9.17) is 21.1 Å². The monoisotopic (exact) mass is 379 g/mol. The fourth-order valence-electron chi connectivity index (χ4n) is 4.38. The zero-order valence-electron chi connectivity index (χ0n) is 15.4. The highest BCUT2D eigenvalue weighted by Crippen LogP contribution is 2.54. The number of methoxy groups -OCH3 is 2. The van der Waals surface area contributed by atoms with Gasteiger partial charge >= 0.3 is 0 Å². The molecule has 0 spiro atoms. The molecule has 1 aliphatic rings. The van der Waals surface area contributed by atoms with Crippen molar-refractivity contribution in [1.82, 2.24) is 14.8 Å². The van der Waals surface area contributed by atoms with Crippen molar-refractivity contribution in [2.75, 3.05) is 14.2 Å². The molecule has 26 heavy (non-hydrogen) atoms. The second-order valence-corrected chi connectivity index (χ2v) is 7.74. The molecule has 6 nitrogen and oxygen atoms in total. The number of rotatable bonds is 7.